The molecule has 3 rings (SSSR count). The third kappa shape index (κ3) is 2.50. The molecule has 3 aromatic rings. The first-order valence-electron chi connectivity index (χ1n) is 7.13. The van der Waals surface area contributed by atoms with Crippen LogP contribution in [0.5, 0.6) is 0 Å². The maximum absolute atomic E-state index is 12.2. The highest BCUT2D eigenvalue weighted by atomic mass is 16.2. The van der Waals surface area contributed by atoms with E-state index in [-0.39, 0.29) is 17.9 Å². The van der Waals surface area contributed by atoms with E-state index >= 15 is 0 Å². The van der Waals surface area contributed by atoms with Gasteiger partial charge in [-0.2, -0.15) is 0 Å². The molecule has 3 aromatic heterocycles. The first-order valence-corrected chi connectivity index (χ1v) is 7.13. The first-order chi connectivity index (χ1) is 10.9. The molecule has 7 nitrogen and oxygen atoms in total. The molecule has 0 aromatic carbocycles. The Morgan fingerprint density at radius 3 is 2.61 bits per heavy atom. The number of fused-ring (bicyclic) bond motifs is 1. The van der Waals surface area contributed by atoms with Gasteiger partial charge >= 0.3 is 5.69 Å². The molecule has 0 fully saturated rings. The van der Waals surface area contributed by atoms with Crippen molar-refractivity contribution in [2.24, 2.45) is 7.05 Å². The molecule has 0 saturated carbocycles. The van der Waals surface area contributed by atoms with Crippen LogP contribution in [0, 0.1) is 6.92 Å². The topological polar surface area (TPSA) is 78.4 Å². The average molecular weight is 312 g/mol. The number of hydrogen-bond donors (Lipinski definition) is 0. The van der Waals surface area contributed by atoms with E-state index in [0.29, 0.717) is 5.69 Å². The molecule has 0 amide bonds. The Morgan fingerprint density at radius 2 is 1.96 bits per heavy atom. The SMILES string of the molecule is CC(=O)c1cn(Cc2cn3c(C)cccc3n2)c(=O)n(C)c1=O. The lowest BCUT2D eigenvalue weighted by Crippen LogP contribution is -2.40. The van der Waals surface area contributed by atoms with Gasteiger partial charge in [0.05, 0.1) is 17.8 Å². The van der Waals surface area contributed by atoms with Crippen molar-refractivity contribution in [3.05, 3.63) is 68.4 Å². The number of pyridine rings is 1. The summed E-state index contributed by atoms with van der Waals surface area (Å²) in [4.78, 5) is 40.2. The molecule has 0 unspecified atom stereocenters. The van der Waals surface area contributed by atoms with Crippen molar-refractivity contribution >= 4 is 11.4 Å². The van der Waals surface area contributed by atoms with Gasteiger partial charge in [0, 0.05) is 25.1 Å². The lowest BCUT2D eigenvalue weighted by Gasteiger charge is -2.07. The summed E-state index contributed by atoms with van der Waals surface area (Å²) in [5.41, 5.74) is 1.42. The molecule has 3 heterocycles. The van der Waals surface area contributed by atoms with E-state index in [2.05, 4.69) is 4.98 Å². The number of hydrogen-bond acceptors (Lipinski definition) is 4. The first kappa shape index (κ1) is 15.0. The number of Topliss-reactive ketones (excluding diaryl/α,β-unsaturated/α-hetero) is 1. The van der Waals surface area contributed by atoms with Crippen LogP contribution in [-0.2, 0) is 13.6 Å². The molecule has 118 valence electrons. The largest absolute Gasteiger partial charge is 0.331 e. The predicted molar refractivity (Wildman–Crippen MR) is 85.0 cm³/mol. The summed E-state index contributed by atoms with van der Waals surface area (Å²) in [6, 6.07) is 5.75. The van der Waals surface area contributed by atoms with Crippen LogP contribution in [0.25, 0.3) is 5.65 Å². The second kappa shape index (κ2) is 5.35. The molecular formula is C16H16N4O3. The lowest BCUT2D eigenvalue weighted by atomic mass is 10.2. The van der Waals surface area contributed by atoms with Crippen molar-refractivity contribution in [2.45, 2.75) is 20.4 Å². The van der Waals surface area contributed by atoms with Gasteiger partial charge < -0.3 is 4.40 Å². The van der Waals surface area contributed by atoms with Gasteiger partial charge in [-0.1, -0.05) is 6.07 Å². The van der Waals surface area contributed by atoms with Crippen LogP contribution in [-0.4, -0.2) is 24.3 Å². The van der Waals surface area contributed by atoms with Crippen molar-refractivity contribution < 1.29 is 4.79 Å². The molecule has 0 atom stereocenters. The van der Waals surface area contributed by atoms with Crippen molar-refractivity contribution in [1.29, 1.82) is 0 Å². The smallest absolute Gasteiger partial charge is 0.304 e. The van der Waals surface area contributed by atoms with E-state index in [1.54, 1.807) is 0 Å². The normalized spacial score (nSPS) is 11.1. The van der Waals surface area contributed by atoms with Gasteiger partial charge in [-0.15, -0.1) is 0 Å². The zero-order chi connectivity index (χ0) is 16.7. The van der Waals surface area contributed by atoms with Crippen LogP contribution in [0.3, 0.4) is 0 Å². The fourth-order valence-corrected chi connectivity index (χ4v) is 2.53. The number of aromatic nitrogens is 4. The Balaban J connectivity index is 2.12. The van der Waals surface area contributed by atoms with Crippen LogP contribution >= 0.6 is 0 Å². The monoisotopic (exact) mass is 312 g/mol. The molecule has 0 N–H and O–H groups in total. The minimum Gasteiger partial charge on any atom is -0.304 e. The molecule has 7 heteroatoms. The lowest BCUT2D eigenvalue weighted by molar-refractivity contribution is 0.101. The van der Waals surface area contributed by atoms with E-state index in [4.69, 9.17) is 0 Å². The fourth-order valence-electron chi connectivity index (χ4n) is 2.53. The summed E-state index contributed by atoms with van der Waals surface area (Å²) in [7, 11) is 1.36. The third-order valence-corrected chi connectivity index (χ3v) is 3.81. The summed E-state index contributed by atoms with van der Waals surface area (Å²) < 4.78 is 4.20. The zero-order valence-electron chi connectivity index (χ0n) is 13.1. The number of imidazole rings is 1. The van der Waals surface area contributed by atoms with Gasteiger partial charge in [-0.3, -0.25) is 18.7 Å². The van der Waals surface area contributed by atoms with Gasteiger partial charge in [0.2, 0.25) is 0 Å². The summed E-state index contributed by atoms with van der Waals surface area (Å²) >= 11 is 0. The Labute approximate surface area is 131 Å². The summed E-state index contributed by atoms with van der Waals surface area (Å²) in [5.74, 6) is -0.370. The van der Waals surface area contributed by atoms with Crippen molar-refractivity contribution in [3.8, 4) is 0 Å². The molecule has 0 bridgehead atoms. The minimum atomic E-state index is -0.579. The van der Waals surface area contributed by atoms with Crippen molar-refractivity contribution in [3.63, 3.8) is 0 Å². The maximum atomic E-state index is 12.2. The average Bonchev–Trinajstić information content (AvgIpc) is 2.91. The van der Waals surface area contributed by atoms with Gasteiger partial charge in [-0.25, -0.2) is 9.78 Å². The molecule has 0 aliphatic rings. The van der Waals surface area contributed by atoms with Gasteiger partial charge in [0.25, 0.3) is 5.56 Å². The van der Waals surface area contributed by atoms with Crippen molar-refractivity contribution in [1.82, 2.24) is 18.5 Å². The fraction of sp³-hybridized carbons (Fsp3) is 0.250. The van der Waals surface area contributed by atoms with Crippen LogP contribution in [0.4, 0.5) is 0 Å². The predicted octanol–water partition coefficient (Wildman–Crippen LogP) is 0.754. The molecule has 0 saturated heterocycles. The number of nitrogens with zero attached hydrogens (tertiary/aromatic N) is 4. The third-order valence-electron chi connectivity index (χ3n) is 3.81. The van der Waals surface area contributed by atoms with Crippen LogP contribution in [0.15, 0.2) is 40.2 Å². The van der Waals surface area contributed by atoms with E-state index in [1.165, 1.54) is 24.7 Å². The maximum Gasteiger partial charge on any atom is 0.331 e. The quantitative estimate of drug-likeness (QED) is 0.669. The Bertz CT molecular complexity index is 1040. The second-order valence-corrected chi connectivity index (χ2v) is 5.50. The number of carbonyl (C=O) groups is 1. The molecule has 0 aliphatic carbocycles. The van der Waals surface area contributed by atoms with Gasteiger partial charge in [-0.05, 0) is 26.0 Å². The van der Waals surface area contributed by atoms with E-state index in [1.807, 2.05) is 35.7 Å². The molecule has 0 spiro atoms. The number of carbonyl (C=O) groups excluding carboxylic acids is 1. The standard InChI is InChI=1S/C16H16N4O3/c1-10-5-4-6-14-17-12(8-20(10)14)7-19-9-13(11(2)21)15(22)18(3)16(19)23/h4-6,8-9H,7H2,1-3H3. The highest BCUT2D eigenvalue weighted by Crippen LogP contribution is 2.09. The summed E-state index contributed by atoms with van der Waals surface area (Å²) in [5, 5.41) is 0. The molecule has 0 radical (unpaired) electrons. The van der Waals surface area contributed by atoms with Gasteiger partial charge in [0.1, 0.15) is 5.65 Å². The Morgan fingerprint density at radius 1 is 1.22 bits per heavy atom. The van der Waals surface area contributed by atoms with E-state index in [9.17, 15) is 14.4 Å². The second-order valence-electron chi connectivity index (χ2n) is 5.50. The molecular weight excluding hydrogens is 296 g/mol. The minimum absolute atomic E-state index is 0.00737. The number of aryl methyl sites for hydroxylation is 1. The van der Waals surface area contributed by atoms with Crippen LogP contribution < -0.4 is 11.2 Å². The van der Waals surface area contributed by atoms with Crippen molar-refractivity contribution in [2.75, 3.05) is 0 Å². The summed E-state index contributed by atoms with van der Waals surface area (Å²) in [6.45, 7) is 3.46. The van der Waals surface area contributed by atoms with Crippen LogP contribution in [0.2, 0.25) is 0 Å². The van der Waals surface area contributed by atoms with Gasteiger partial charge in [0.15, 0.2) is 5.78 Å². The Kier molecular flexibility index (Phi) is 3.48. The van der Waals surface area contributed by atoms with E-state index < -0.39 is 11.2 Å². The number of rotatable bonds is 3. The van der Waals surface area contributed by atoms with E-state index in [0.717, 1.165) is 15.9 Å². The highest BCUT2D eigenvalue weighted by Gasteiger charge is 2.13. The van der Waals surface area contributed by atoms with Crippen LogP contribution in [0.1, 0.15) is 28.7 Å². The zero-order valence-corrected chi connectivity index (χ0v) is 13.1. The molecule has 0 aliphatic heterocycles. The highest BCUT2D eigenvalue weighted by molar-refractivity contribution is 5.93. The summed E-state index contributed by atoms with van der Waals surface area (Å²) in [6.07, 6.45) is 3.15. The Hall–Kier alpha value is -2.96. The number of ketones is 1. The molecule has 23 heavy (non-hydrogen) atoms.